The molecule has 0 bridgehead atoms. The molecular weight excluding hydrogens is 224 g/mol. The Labute approximate surface area is 110 Å². The summed E-state index contributed by atoms with van der Waals surface area (Å²) in [6.07, 6.45) is 0. The first-order chi connectivity index (χ1) is 8.09. The van der Waals surface area contributed by atoms with Gasteiger partial charge in [-0.25, -0.2) is 0 Å². The van der Waals surface area contributed by atoms with Crippen molar-refractivity contribution in [1.82, 2.24) is 0 Å². The Hall–Kier alpha value is -0.820. The summed E-state index contributed by atoms with van der Waals surface area (Å²) in [5.74, 6) is 1.25. The molecule has 0 aliphatic rings. The molecule has 0 fully saturated rings. The molecule has 0 amide bonds. The molecule has 2 rings (SSSR count). The van der Waals surface area contributed by atoms with Gasteiger partial charge in [0, 0.05) is 4.70 Å². The fourth-order valence-corrected chi connectivity index (χ4v) is 3.04. The Balaban J connectivity index is 0.000000686. The third-order valence-corrected chi connectivity index (χ3v) is 3.88. The van der Waals surface area contributed by atoms with E-state index in [2.05, 4.69) is 51.3 Å². The minimum atomic E-state index is 0.624. The zero-order valence-electron chi connectivity index (χ0n) is 11.9. The second kappa shape index (κ2) is 6.20. The summed E-state index contributed by atoms with van der Waals surface area (Å²) in [6, 6.07) is 6.90. The van der Waals surface area contributed by atoms with Crippen LogP contribution in [-0.4, -0.2) is 0 Å². The average molecular weight is 248 g/mol. The van der Waals surface area contributed by atoms with Gasteiger partial charge in [0.1, 0.15) is 0 Å². The zero-order chi connectivity index (χ0) is 13.0. The Morgan fingerprint density at radius 1 is 0.941 bits per heavy atom. The van der Waals surface area contributed by atoms with E-state index in [1.165, 1.54) is 21.2 Å². The van der Waals surface area contributed by atoms with E-state index < -0.39 is 0 Å². The molecule has 0 spiro atoms. The van der Waals surface area contributed by atoms with Crippen molar-refractivity contribution in [1.29, 1.82) is 0 Å². The SMILES string of the molecule is CC.CC(C)c1ccc2c(C(C)C)csc2c1. The molecule has 0 nitrogen and oxygen atoms in total. The summed E-state index contributed by atoms with van der Waals surface area (Å²) in [7, 11) is 0. The van der Waals surface area contributed by atoms with Crippen molar-refractivity contribution in [3.8, 4) is 0 Å². The summed E-state index contributed by atoms with van der Waals surface area (Å²) in [6.45, 7) is 13.0. The average Bonchev–Trinajstić information content (AvgIpc) is 2.74. The summed E-state index contributed by atoms with van der Waals surface area (Å²) in [4.78, 5) is 0. The van der Waals surface area contributed by atoms with Gasteiger partial charge in [-0.05, 0) is 39.8 Å². The highest BCUT2D eigenvalue weighted by Gasteiger charge is 2.08. The van der Waals surface area contributed by atoms with E-state index in [-0.39, 0.29) is 0 Å². The van der Waals surface area contributed by atoms with Crippen LogP contribution in [0.4, 0.5) is 0 Å². The van der Waals surface area contributed by atoms with Gasteiger partial charge in [-0.3, -0.25) is 0 Å². The second-order valence-electron chi connectivity index (χ2n) is 4.76. The van der Waals surface area contributed by atoms with Crippen LogP contribution in [0.3, 0.4) is 0 Å². The molecular formula is C16H24S. The molecule has 0 atom stereocenters. The summed E-state index contributed by atoms with van der Waals surface area (Å²) >= 11 is 1.87. The van der Waals surface area contributed by atoms with Crippen LogP contribution in [0.5, 0.6) is 0 Å². The van der Waals surface area contributed by atoms with E-state index in [9.17, 15) is 0 Å². The van der Waals surface area contributed by atoms with Crippen LogP contribution in [0.15, 0.2) is 23.6 Å². The van der Waals surface area contributed by atoms with Crippen LogP contribution in [0, 0.1) is 0 Å². The Kier molecular flexibility index (Phi) is 5.20. The maximum atomic E-state index is 2.34. The summed E-state index contributed by atoms with van der Waals surface area (Å²) in [5, 5.41) is 3.75. The third-order valence-electron chi connectivity index (χ3n) is 2.92. The molecule has 1 heterocycles. The van der Waals surface area contributed by atoms with E-state index in [1.807, 2.05) is 25.2 Å². The van der Waals surface area contributed by atoms with E-state index in [4.69, 9.17) is 0 Å². The van der Waals surface area contributed by atoms with Crippen molar-refractivity contribution >= 4 is 21.4 Å². The van der Waals surface area contributed by atoms with Crippen LogP contribution in [0.1, 0.15) is 64.5 Å². The predicted octanol–water partition coefficient (Wildman–Crippen LogP) is 6.17. The van der Waals surface area contributed by atoms with Gasteiger partial charge in [-0.1, -0.05) is 53.7 Å². The lowest BCUT2D eigenvalue weighted by molar-refractivity contribution is 0.867. The van der Waals surface area contributed by atoms with Crippen LogP contribution < -0.4 is 0 Å². The molecule has 1 aromatic carbocycles. The molecule has 1 aromatic heterocycles. The lowest BCUT2D eigenvalue weighted by Gasteiger charge is -2.06. The van der Waals surface area contributed by atoms with Crippen LogP contribution in [0.2, 0.25) is 0 Å². The van der Waals surface area contributed by atoms with Crippen molar-refractivity contribution < 1.29 is 0 Å². The Morgan fingerprint density at radius 3 is 2.12 bits per heavy atom. The first kappa shape index (κ1) is 14.2. The van der Waals surface area contributed by atoms with Gasteiger partial charge >= 0.3 is 0 Å². The quantitative estimate of drug-likeness (QED) is 0.595. The maximum Gasteiger partial charge on any atom is 0.0348 e. The highest BCUT2D eigenvalue weighted by atomic mass is 32.1. The summed E-state index contributed by atoms with van der Waals surface area (Å²) < 4.78 is 1.44. The standard InChI is InChI=1S/C14H18S.C2H6/c1-9(2)11-5-6-12-13(10(3)4)8-15-14(12)7-11;1-2/h5-10H,1-4H3;1-2H3. The largest absolute Gasteiger partial charge is 0.144 e. The number of hydrogen-bond donors (Lipinski definition) is 0. The van der Waals surface area contributed by atoms with Crippen LogP contribution >= 0.6 is 11.3 Å². The minimum absolute atomic E-state index is 0.624. The normalized spacial score (nSPS) is 10.8. The molecule has 94 valence electrons. The van der Waals surface area contributed by atoms with Gasteiger partial charge in [0.2, 0.25) is 0 Å². The molecule has 0 N–H and O–H groups in total. The number of fused-ring (bicyclic) bond motifs is 1. The van der Waals surface area contributed by atoms with Crippen LogP contribution in [0.25, 0.3) is 10.1 Å². The van der Waals surface area contributed by atoms with E-state index in [1.54, 1.807) is 0 Å². The van der Waals surface area contributed by atoms with Gasteiger partial charge in [0.05, 0.1) is 0 Å². The van der Waals surface area contributed by atoms with Crippen molar-refractivity contribution in [3.05, 3.63) is 34.7 Å². The lowest BCUT2D eigenvalue weighted by Crippen LogP contribution is -1.87. The highest BCUT2D eigenvalue weighted by Crippen LogP contribution is 2.33. The van der Waals surface area contributed by atoms with Crippen molar-refractivity contribution in [3.63, 3.8) is 0 Å². The van der Waals surface area contributed by atoms with Gasteiger partial charge in [-0.15, -0.1) is 11.3 Å². The first-order valence-electron chi connectivity index (χ1n) is 6.60. The van der Waals surface area contributed by atoms with E-state index >= 15 is 0 Å². The molecule has 0 unspecified atom stereocenters. The maximum absolute atomic E-state index is 2.34. The monoisotopic (exact) mass is 248 g/mol. The molecule has 0 aliphatic carbocycles. The van der Waals surface area contributed by atoms with E-state index in [0.29, 0.717) is 11.8 Å². The molecule has 17 heavy (non-hydrogen) atoms. The Bertz CT molecular complexity index is 463. The predicted molar refractivity (Wildman–Crippen MR) is 81.4 cm³/mol. The van der Waals surface area contributed by atoms with Crippen molar-refractivity contribution in [2.75, 3.05) is 0 Å². The number of hydrogen-bond acceptors (Lipinski definition) is 1. The van der Waals surface area contributed by atoms with Crippen molar-refractivity contribution in [2.24, 2.45) is 0 Å². The van der Waals surface area contributed by atoms with Crippen molar-refractivity contribution in [2.45, 2.75) is 53.4 Å². The van der Waals surface area contributed by atoms with Gasteiger partial charge < -0.3 is 0 Å². The zero-order valence-corrected chi connectivity index (χ0v) is 12.7. The number of benzene rings is 1. The molecule has 1 heteroatoms. The number of thiophene rings is 1. The fraction of sp³-hybridized carbons (Fsp3) is 0.500. The fourth-order valence-electron chi connectivity index (χ4n) is 1.87. The molecule has 0 aliphatic heterocycles. The van der Waals surface area contributed by atoms with Gasteiger partial charge in [0.15, 0.2) is 0 Å². The van der Waals surface area contributed by atoms with E-state index in [0.717, 1.165) is 0 Å². The third kappa shape index (κ3) is 3.10. The number of rotatable bonds is 2. The smallest absolute Gasteiger partial charge is 0.0348 e. The first-order valence-corrected chi connectivity index (χ1v) is 7.48. The summed E-state index contributed by atoms with van der Waals surface area (Å²) in [5.41, 5.74) is 2.94. The van der Waals surface area contributed by atoms with Gasteiger partial charge in [-0.2, -0.15) is 0 Å². The molecule has 2 aromatic rings. The highest BCUT2D eigenvalue weighted by molar-refractivity contribution is 7.17. The molecule has 0 radical (unpaired) electrons. The lowest BCUT2D eigenvalue weighted by atomic mass is 9.98. The van der Waals surface area contributed by atoms with Gasteiger partial charge in [0.25, 0.3) is 0 Å². The second-order valence-corrected chi connectivity index (χ2v) is 5.67. The molecule has 0 saturated carbocycles. The van der Waals surface area contributed by atoms with Crippen LogP contribution in [-0.2, 0) is 0 Å². The minimum Gasteiger partial charge on any atom is -0.144 e. The molecule has 0 saturated heterocycles. The topological polar surface area (TPSA) is 0 Å². The Morgan fingerprint density at radius 2 is 1.59 bits per heavy atom.